The molecule has 4 nitrogen and oxygen atoms in total. The molecule has 1 amide bonds. The van der Waals surface area contributed by atoms with Gasteiger partial charge in [-0.1, -0.05) is 13.8 Å². The van der Waals surface area contributed by atoms with Crippen LogP contribution in [-0.4, -0.2) is 19.3 Å². The van der Waals surface area contributed by atoms with Crippen molar-refractivity contribution in [2.24, 2.45) is 5.92 Å². The molecule has 0 aliphatic rings. The van der Waals surface area contributed by atoms with Crippen LogP contribution in [0.2, 0.25) is 0 Å². The van der Waals surface area contributed by atoms with Gasteiger partial charge in [0.15, 0.2) is 0 Å². The van der Waals surface area contributed by atoms with E-state index in [9.17, 15) is 4.79 Å². The quantitative estimate of drug-likeness (QED) is 0.854. The topological polar surface area (TPSA) is 47.6 Å². The number of carbonyl (C=O) groups excluding carboxylic acids is 1. The monoisotopic (exact) mass is 236 g/mol. The van der Waals surface area contributed by atoms with Crippen molar-refractivity contribution in [1.29, 1.82) is 0 Å². The molecule has 0 heterocycles. The zero-order chi connectivity index (χ0) is 12.7. The Hall–Kier alpha value is -1.71. The third-order valence-electron chi connectivity index (χ3n) is 1.87. The number of carbonyl (C=O) groups is 1. The van der Waals surface area contributed by atoms with Crippen molar-refractivity contribution in [3.8, 4) is 5.75 Å². The second kappa shape index (κ2) is 6.78. The molecule has 93 valence electrons. The van der Waals surface area contributed by atoms with Crippen molar-refractivity contribution in [1.82, 2.24) is 0 Å². The summed E-state index contributed by atoms with van der Waals surface area (Å²) in [6, 6.07) is 8.00. The molecule has 0 saturated heterocycles. The van der Waals surface area contributed by atoms with Gasteiger partial charge in [0, 0.05) is 11.8 Å². The zero-order valence-electron chi connectivity index (χ0n) is 10.4. The van der Waals surface area contributed by atoms with Gasteiger partial charge in [-0.25, -0.2) is 4.79 Å². The van der Waals surface area contributed by atoms with E-state index in [-0.39, 0.29) is 0 Å². The average molecular weight is 236 g/mol. The van der Waals surface area contributed by atoms with E-state index in [0.717, 1.165) is 0 Å². The normalized spacial score (nSPS) is 10.1. The van der Waals surface area contributed by atoms with E-state index in [1.165, 1.54) is 0 Å². The minimum atomic E-state index is -0.458. The number of hydrogen-bond donors (Lipinski definition) is 1. The van der Waals surface area contributed by atoms with E-state index in [1.54, 1.807) is 18.2 Å². The summed E-state index contributed by atoms with van der Waals surface area (Å²) in [6.07, 6.45) is -0.458. The molecular formula is C13H18NO3. The van der Waals surface area contributed by atoms with Gasteiger partial charge in [-0.15, -0.1) is 0 Å². The van der Waals surface area contributed by atoms with Crippen LogP contribution in [0.3, 0.4) is 0 Å². The SMILES string of the molecule is CCOc1c[c]cc(NC(=O)OCC(C)C)c1. The van der Waals surface area contributed by atoms with Crippen LogP contribution in [0.25, 0.3) is 0 Å². The van der Waals surface area contributed by atoms with Gasteiger partial charge in [0.25, 0.3) is 0 Å². The van der Waals surface area contributed by atoms with Crippen LogP contribution < -0.4 is 10.1 Å². The van der Waals surface area contributed by atoms with Crippen molar-refractivity contribution >= 4 is 11.8 Å². The fraction of sp³-hybridized carbons (Fsp3) is 0.462. The molecule has 17 heavy (non-hydrogen) atoms. The maximum atomic E-state index is 11.4. The highest BCUT2D eigenvalue weighted by Crippen LogP contribution is 2.16. The highest BCUT2D eigenvalue weighted by molar-refractivity contribution is 5.84. The highest BCUT2D eigenvalue weighted by Gasteiger charge is 2.05. The number of hydrogen-bond acceptors (Lipinski definition) is 3. The first-order valence-corrected chi connectivity index (χ1v) is 5.69. The van der Waals surface area contributed by atoms with Gasteiger partial charge in [-0.3, -0.25) is 5.32 Å². The number of anilines is 1. The lowest BCUT2D eigenvalue weighted by Crippen LogP contribution is -2.16. The maximum Gasteiger partial charge on any atom is 0.411 e. The summed E-state index contributed by atoms with van der Waals surface area (Å²) >= 11 is 0. The lowest BCUT2D eigenvalue weighted by atomic mass is 10.2. The van der Waals surface area contributed by atoms with Gasteiger partial charge in [0.1, 0.15) is 5.75 Å². The third kappa shape index (κ3) is 5.24. The first-order valence-electron chi connectivity index (χ1n) is 5.69. The Labute approximate surface area is 102 Å². The van der Waals surface area contributed by atoms with E-state index < -0.39 is 6.09 Å². The Bertz CT molecular complexity index is 363. The van der Waals surface area contributed by atoms with Crippen LogP contribution in [0.5, 0.6) is 5.75 Å². The Morgan fingerprint density at radius 1 is 1.47 bits per heavy atom. The number of amides is 1. The second-order valence-corrected chi connectivity index (χ2v) is 4.01. The first-order chi connectivity index (χ1) is 8.11. The molecule has 1 aromatic carbocycles. The summed E-state index contributed by atoms with van der Waals surface area (Å²) in [5, 5.41) is 2.62. The van der Waals surface area contributed by atoms with E-state index in [4.69, 9.17) is 9.47 Å². The first kappa shape index (κ1) is 13.4. The van der Waals surface area contributed by atoms with Crippen LogP contribution in [0, 0.1) is 12.0 Å². The standard InChI is InChI=1S/C13H18NO3/c1-4-16-12-7-5-6-11(8-12)14-13(15)17-9-10(2)3/h6-8,10H,4,9H2,1-3H3,(H,14,15). The molecule has 0 unspecified atom stereocenters. The van der Waals surface area contributed by atoms with Gasteiger partial charge < -0.3 is 9.47 Å². The Morgan fingerprint density at radius 3 is 2.88 bits per heavy atom. The molecule has 0 atom stereocenters. The van der Waals surface area contributed by atoms with E-state index >= 15 is 0 Å². The lowest BCUT2D eigenvalue weighted by Gasteiger charge is -2.09. The van der Waals surface area contributed by atoms with E-state index in [0.29, 0.717) is 30.6 Å². The molecule has 0 aliphatic carbocycles. The van der Waals surface area contributed by atoms with Gasteiger partial charge in [0.2, 0.25) is 0 Å². The summed E-state index contributed by atoms with van der Waals surface area (Å²) in [5.74, 6) is 0.997. The number of nitrogens with one attached hydrogen (secondary N) is 1. The Morgan fingerprint density at radius 2 is 2.24 bits per heavy atom. The molecule has 0 aromatic heterocycles. The van der Waals surface area contributed by atoms with Crippen LogP contribution in [-0.2, 0) is 4.74 Å². The predicted octanol–water partition coefficient (Wildman–Crippen LogP) is 3.09. The highest BCUT2D eigenvalue weighted by atomic mass is 16.5. The molecule has 0 saturated carbocycles. The van der Waals surface area contributed by atoms with Crippen LogP contribution in [0.1, 0.15) is 20.8 Å². The van der Waals surface area contributed by atoms with Gasteiger partial charge in [0.05, 0.1) is 13.2 Å². The van der Waals surface area contributed by atoms with Gasteiger partial charge in [-0.2, -0.15) is 0 Å². The van der Waals surface area contributed by atoms with E-state index in [2.05, 4.69) is 11.4 Å². The molecule has 1 aromatic rings. The molecule has 0 spiro atoms. The van der Waals surface area contributed by atoms with Crippen molar-refractivity contribution in [3.63, 3.8) is 0 Å². The molecule has 1 rings (SSSR count). The summed E-state index contributed by atoms with van der Waals surface area (Å²) in [7, 11) is 0. The largest absolute Gasteiger partial charge is 0.494 e. The van der Waals surface area contributed by atoms with Crippen molar-refractivity contribution in [2.75, 3.05) is 18.5 Å². The molecule has 1 radical (unpaired) electrons. The summed E-state index contributed by atoms with van der Waals surface area (Å²) in [4.78, 5) is 11.4. The number of rotatable bonds is 5. The van der Waals surface area contributed by atoms with Gasteiger partial charge in [-0.05, 0) is 31.0 Å². The van der Waals surface area contributed by atoms with Crippen molar-refractivity contribution in [3.05, 3.63) is 24.3 Å². The zero-order valence-corrected chi connectivity index (χ0v) is 10.4. The minimum Gasteiger partial charge on any atom is -0.494 e. The van der Waals surface area contributed by atoms with Crippen molar-refractivity contribution in [2.45, 2.75) is 20.8 Å². The van der Waals surface area contributed by atoms with Crippen LogP contribution in [0.4, 0.5) is 10.5 Å². The van der Waals surface area contributed by atoms with Crippen molar-refractivity contribution < 1.29 is 14.3 Å². The molecule has 0 bridgehead atoms. The number of benzene rings is 1. The molecular weight excluding hydrogens is 218 g/mol. The lowest BCUT2D eigenvalue weighted by molar-refractivity contribution is 0.147. The molecule has 1 N–H and O–H groups in total. The third-order valence-corrected chi connectivity index (χ3v) is 1.87. The van der Waals surface area contributed by atoms with Crippen LogP contribution >= 0.6 is 0 Å². The fourth-order valence-electron chi connectivity index (χ4n) is 1.17. The number of ether oxygens (including phenoxy) is 2. The maximum absolute atomic E-state index is 11.4. The smallest absolute Gasteiger partial charge is 0.411 e. The summed E-state index contributed by atoms with van der Waals surface area (Å²) in [5.41, 5.74) is 0.615. The molecule has 0 fully saturated rings. The predicted molar refractivity (Wildman–Crippen MR) is 66.3 cm³/mol. The summed E-state index contributed by atoms with van der Waals surface area (Å²) in [6.45, 7) is 6.85. The second-order valence-electron chi connectivity index (χ2n) is 4.01. The fourth-order valence-corrected chi connectivity index (χ4v) is 1.17. The molecule has 0 aliphatic heterocycles. The molecule has 4 heteroatoms. The summed E-state index contributed by atoms with van der Waals surface area (Å²) < 4.78 is 10.3. The van der Waals surface area contributed by atoms with E-state index in [1.807, 2.05) is 20.8 Å². The minimum absolute atomic E-state index is 0.321. The average Bonchev–Trinajstić information content (AvgIpc) is 2.27. The van der Waals surface area contributed by atoms with Crippen LogP contribution in [0.15, 0.2) is 18.2 Å². The Balaban J connectivity index is 2.50. The van der Waals surface area contributed by atoms with Gasteiger partial charge >= 0.3 is 6.09 Å². The Kier molecular flexibility index (Phi) is 5.33.